The Labute approximate surface area is 290 Å². The molecule has 5 aromatic carbocycles. The number of fused-ring (bicyclic) bond motifs is 1. The van der Waals surface area contributed by atoms with E-state index < -0.39 is 10.8 Å². The number of hydrogen-bond donors (Lipinski definition) is 0. The highest BCUT2D eigenvalue weighted by Crippen LogP contribution is 2.48. The van der Waals surface area contributed by atoms with Crippen LogP contribution in [0.2, 0.25) is 5.02 Å². The Morgan fingerprint density at radius 3 is 1.96 bits per heavy atom. The van der Waals surface area contributed by atoms with Gasteiger partial charge in [0.1, 0.15) is 29.7 Å². The molecule has 0 N–H and O–H groups in total. The molecule has 242 valence electrons. The maximum atomic E-state index is 14.4. The minimum absolute atomic E-state index is 0.137. The first-order valence-electron chi connectivity index (χ1n) is 16.1. The van der Waals surface area contributed by atoms with Crippen molar-refractivity contribution in [3.63, 3.8) is 0 Å². The molecule has 2 amide bonds. The first-order valence-corrected chi connectivity index (χ1v) is 17.4. The Morgan fingerprint density at radius 1 is 0.812 bits per heavy atom. The number of thioether (sulfide) groups is 1. The smallest absolute Gasteiger partial charge is 0.290 e. The van der Waals surface area contributed by atoms with Crippen LogP contribution in [-0.4, -0.2) is 47.1 Å². The first kappa shape index (κ1) is 31.9. The summed E-state index contributed by atoms with van der Waals surface area (Å²) < 4.78 is 12.3. The zero-order valence-electron chi connectivity index (χ0n) is 26.5. The quantitative estimate of drug-likeness (QED) is 0.138. The Bertz CT molecular complexity index is 1790. The van der Waals surface area contributed by atoms with Crippen molar-refractivity contribution >= 4 is 40.2 Å². The number of amides is 2. The maximum absolute atomic E-state index is 14.4. The average molecular weight is 675 g/mol. The third kappa shape index (κ3) is 6.04. The lowest BCUT2D eigenvalue weighted by molar-refractivity contribution is -0.129. The van der Waals surface area contributed by atoms with E-state index in [1.54, 1.807) is 0 Å². The largest absolute Gasteiger partial charge is 0.490 e. The molecule has 7 rings (SSSR count). The van der Waals surface area contributed by atoms with Gasteiger partial charge in [0, 0.05) is 11.6 Å². The van der Waals surface area contributed by atoms with Crippen LogP contribution in [0.5, 0.6) is 11.5 Å². The third-order valence-corrected chi connectivity index (χ3v) is 10.2. The number of imide groups is 1. The fraction of sp³-hybridized carbons (Fsp3) is 0.200. The summed E-state index contributed by atoms with van der Waals surface area (Å²) in [6, 6.07) is 42.9. The van der Waals surface area contributed by atoms with E-state index in [1.807, 2.05) is 133 Å². The second kappa shape index (κ2) is 13.8. The zero-order valence-corrected chi connectivity index (χ0v) is 28.1. The predicted molar refractivity (Wildman–Crippen MR) is 192 cm³/mol. The van der Waals surface area contributed by atoms with Gasteiger partial charge in [0.25, 0.3) is 5.24 Å². The first-order chi connectivity index (χ1) is 23.5. The van der Waals surface area contributed by atoms with Gasteiger partial charge in [-0.3, -0.25) is 14.5 Å². The second-order valence-electron chi connectivity index (χ2n) is 11.9. The molecule has 2 aliphatic heterocycles. The van der Waals surface area contributed by atoms with Crippen molar-refractivity contribution in [2.45, 2.75) is 30.2 Å². The van der Waals surface area contributed by atoms with E-state index in [1.165, 1.54) is 4.90 Å². The summed E-state index contributed by atoms with van der Waals surface area (Å²) in [4.78, 5) is 32.2. The lowest BCUT2D eigenvalue weighted by Crippen LogP contribution is -2.51. The SMILES string of the molecule is CCN1CC(COc2ccc(CC3SC(=O)N(C(c4ccccc4)(c4ccccc4)c4ccccc4)C3=O)cc2)Oc2ccc(Cl)cc21. The van der Waals surface area contributed by atoms with Crippen LogP contribution in [0.15, 0.2) is 133 Å². The number of nitrogens with zero attached hydrogens (tertiary/aromatic N) is 2. The van der Waals surface area contributed by atoms with Crippen LogP contribution >= 0.6 is 23.4 Å². The summed E-state index contributed by atoms with van der Waals surface area (Å²) in [6.45, 7) is 4.03. The minimum Gasteiger partial charge on any atom is -0.490 e. The molecular formula is C40H35ClN2O4S. The van der Waals surface area contributed by atoms with E-state index in [0.717, 1.165) is 52.0 Å². The molecule has 0 saturated carbocycles. The number of carbonyl (C=O) groups excluding carboxylic acids is 2. The van der Waals surface area contributed by atoms with Crippen LogP contribution in [0.1, 0.15) is 29.2 Å². The van der Waals surface area contributed by atoms with Gasteiger partial charge in [-0.15, -0.1) is 0 Å². The fourth-order valence-electron chi connectivity index (χ4n) is 6.72. The van der Waals surface area contributed by atoms with Crippen molar-refractivity contribution in [3.8, 4) is 11.5 Å². The number of ether oxygens (including phenoxy) is 2. The highest BCUT2D eigenvalue weighted by atomic mass is 35.5. The van der Waals surface area contributed by atoms with Gasteiger partial charge < -0.3 is 14.4 Å². The van der Waals surface area contributed by atoms with Gasteiger partial charge in [0.05, 0.1) is 17.5 Å². The Kier molecular flexibility index (Phi) is 9.15. The van der Waals surface area contributed by atoms with Crippen molar-refractivity contribution < 1.29 is 19.1 Å². The standard InChI is InChI=1S/C40H35ClN2O4S/c1-2-42-26-34(47-36-23-20-32(41)25-35(36)42)27-46-33-21-18-28(19-22-33)24-37-38(44)43(39(45)48-37)40(29-12-6-3-7-13-29,30-14-8-4-9-15-30)31-16-10-5-11-17-31/h3-23,25,34,37H,2,24,26-27H2,1H3. The van der Waals surface area contributed by atoms with Crippen LogP contribution in [0.4, 0.5) is 10.5 Å². The molecule has 0 aliphatic carbocycles. The van der Waals surface area contributed by atoms with Crippen molar-refractivity contribution in [1.29, 1.82) is 0 Å². The number of hydrogen-bond acceptors (Lipinski definition) is 6. The summed E-state index contributed by atoms with van der Waals surface area (Å²) in [7, 11) is 0. The maximum Gasteiger partial charge on any atom is 0.290 e. The van der Waals surface area contributed by atoms with Gasteiger partial charge in [0.2, 0.25) is 5.91 Å². The third-order valence-electron chi connectivity index (χ3n) is 8.97. The summed E-state index contributed by atoms with van der Waals surface area (Å²) in [5.41, 5.74) is 3.37. The molecule has 6 nitrogen and oxygen atoms in total. The summed E-state index contributed by atoms with van der Waals surface area (Å²) in [6.07, 6.45) is 0.277. The molecule has 0 spiro atoms. The summed E-state index contributed by atoms with van der Waals surface area (Å²) in [5.74, 6) is 1.31. The van der Waals surface area contributed by atoms with Crippen LogP contribution in [0.25, 0.3) is 0 Å². The summed E-state index contributed by atoms with van der Waals surface area (Å²) >= 11 is 7.31. The molecular weight excluding hydrogens is 640 g/mol. The van der Waals surface area contributed by atoms with Gasteiger partial charge in [-0.2, -0.15) is 0 Å². The number of rotatable bonds is 10. The second-order valence-corrected chi connectivity index (χ2v) is 13.5. The van der Waals surface area contributed by atoms with E-state index >= 15 is 0 Å². The van der Waals surface area contributed by atoms with Gasteiger partial charge >= 0.3 is 0 Å². The zero-order chi connectivity index (χ0) is 33.1. The molecule has 1 fully saturated rings. The van der Waals surface area contributed by atoms with E-state index in [0.29, 0.717) is 30.3 Å². The van der Waals surface area contributed by atoms with Crippen LogP contribution in [-0.2, 0) is 16.8 Å². The average Bonchev–Trinajstić information content (AvgIpc) is 3.41. The van der Waals surface area contributed by atoms with Crippen LogP contribution in [0.3, 0.4) is 0 Å². The van der Waals surface area contributed by atoms with E-state index in [9.17, 15) is 9.59 Å². The molecule has 0 aromatic heterocycles. The lowest BCUT2D eigenvalue weighted by Gasteiger charge is -2.42. The Morgan fingerprint density at radius 2 is 1.40 bits per heavy atom. The fourth-order valence-corrected chi connectivity index (χ4v) is 7.95. The van der Waals surface area contributed by atoms with Gasteiger partial charge in [-0.05, 0) is 65.9 Å². The molecule has 8 heteroatoms. The number of carbonyl (C=O) groups is 2. The lowest BCUT2D eigenvalue weighted by atomic mass is 9.75. The molecule has 2 heterocycles. The van der Waals surface area contributed by atoms with Crippen LogP contribution in [0, 0.1) is 0 Å². The monoisotopic (exact) mass is 674 g/mol. The molecule has 1 saturated heterocycles. The highest BCUT2D eigenvalue weighted by molar-refractivity contribution is 8.15. The Balaban J connectivity index is 1.10. The number of benzene rings is 5. The predicted octanol–water partition coefficient (Wildman–Crippen LogP) is 8.60. The summed E-state index contributed by atoms with van der Waals surface area (Å²) in [5, 5.41) is -0.147. The minimum atomic E-state index is -1.13. The van der Waals surface area contributed by atoms with Crippen molar-refractivity contribution in [2.75, 3.05) is 24.6 Å². The molecule has 2 unspecified atom stereocenters. The Hall–Kier alpha value is -4.72. The molecule has 0 bridgehead atoms. The van der Waals surface area contributed by atoms with E-state index in [2.05, 4.69) is 11.8 Å². The van der Waals surface area contributed by atoms with Crippen LogP contribution < -0.4 is 14.4 Å². The van der Waals surface area contributed by atoms with Gasteiger partial charge in [-0.25, -0.2) is 0 Å². The van der Waals surface area contributed by atoms with Crippen molar-refractivity contribution in [1.82, 2.24) is 4.90 Å². The van der Waals surface area contributed by atoms with Crippen molar-refractivity contribution in [3.05, 3.63) is 161 Å². The number of likely N-dealkylation sites (N-methyl/N-ethyl adjacent to an activating group) is 1. The molecule has 5 aromatic rings. The molecule has 48 heavy (non-hydrogen) atoms. The molecule has 0 radical (unpaired) electrons. The van der Waals surface area contributed by atoms with Gasteiger partial charge in [0.15, 0.2) is 0 Å². The number of halogens is 1. The van der Waals surface area contributed by atoms with E-state index in [4.69, 9.17) is 21.1 Å². The van der Waals surface area contributed by atoms with Crippen molar-refractivity contribution in [2.24, 2.45) is 0 Å². The number of anilines is 1. The topological polar surface area (TPSA) is 59.1 Å². The molecule has 2 atom stereocenters. The van der Waals surface area contributed by atoms with Gasteiger partial charge in [-0.1, -0.05) is 126 Å². The normalized spacial score (nSPS) is 17.6. The highest BCUT2D eigenvalue weighted by Gasteiger charge is 2.54. The molecule has 2 aliphatic rings. The van der Waals surface area contributed by atoms with E-state index in [-0.39, 0.29) is 17.3 Å².